The second-order valence-corrected chi connectivity index (χ2v) is 11.6. The van der Waals surface area contributed by atoms with Crippen molar-refractivity contribution in [3.8, 4) is 0 Å². The van der Waals surface area contributed by atoms with Gasteiger partial charge in [0.25, 0.3) is 0 Å². The molecule has 0 aliphatic rings. The average molecular weight is 466 g/mol. The number of hydrogen-bond donors (Lipinski definition) is 0. The van der Waals surface area contributed by atoms with Gasteiger partial charge in [-0.2, -0.15) is 8.42 Å². The van der Waals surface area contributed by atoms with Crippen LogP contribution in [-0.2, 0) is 14.7 Å². The minimum absolute atomic E-state index is 1.26. The molecule has 0 atom stereocenters. The van der Waals surface area contributed by atoms with E-state index in [4.69, 9.17) is 8.42 Å². The highest BCUT2D eigenvalue weighted by atomic mass is 36.0. The van der Waals surface area contributed by atoms with Crippen molar-refractivity contribution in [1.29, 1.82) is 0 Å². The third kappa shape index (κ3) is 27.8. The Morgan fingerprint density at radius 2 is 0.897 bits per heavy atom. The van der Waals surface area contributed by atoms with Crippen LogP contribution in [0, 0.1) is 0 Å². The first kappa shape index (κ1) is 28.8. The van der Waals surface area contributed by atoms with E-state index >= 15 is 0 Å². The summed E-state index contributed by atoms with van der Waals surface area (Å²) in [4.78, 5) is 0. The summed E-state index contributed by atoms with van der Waals surface area (Å²) in [5.41, 5.74) is 1.50. The van der Waals surface area contributed by atoms with Gasteiger partial charge in [0.1, 0.15) is 0 Å². The van der Waals surface area contributed by atoms with Gasteiger partial charge in [-0.3, -0.25) is 0 Å². The van der Waals surface area contributed by atoms with Crippen LogP contribution in [0.4, 0.5) is 0 Å². The zero-order valence-corrected chi connectivity index (χ0v) is 20.7. The van der Waals surface area contributed by atoms with Crippen molar-refractivity contribution in [3.05, 3.63) is 35.9 Å². The molecule has 0 N–H and O–H groups in total. The molecule has 0 heterocycles. The van der Waals surface area contributed by atoms with Crippen molar-refractivity contribution in [2.45, 2.75) is 116 Å². The fourth-order valence-corrected chi connectivity index (χ4v) is 3.52. The van der Waals surface area contributed by atoms with Gasteiger partial charge >= 0.3 is 8.26 Å². The van der Waals surface area contributed by atoms with Crippen LogP contribution < -0.4 is 0 Å². The second-order valence-electron chi connectivity index (χ2n) is 7.92. The standard InChI is InChI=1S/C24H42.Cl2O2S/c1-2-3-4-5-6-7-8-9-10-11-12-13-14-15-16-18-21-24-22-19-17-20-23-24;1-5(2,3)4/h17,19-20,22-23H,2-16,18,21H2,1H3;. The Morgan fingerprint density at radius 3 is 1.24 bits per heavy atom. The Labute approximate surface area is 189 Å². The van der Waals surface area contributed by atoms with E-state index < -0.39 is 8.26 Å². The van der Waals surface area contributed by atoms with Crippen LogP contribution in [0.5, 0.6) is 0 Å². The van der Waals surface area contributed by atoms with E-state index in [0.29, 0.717) is 0 Å². The SMILES string of the molecule is CCCCCCCCCCCCCCCCCCc1ccccc1.O=S(=O)(Cl)Cl. The summed E-state index contributed by atoms with van der Waals surface area (Å²) in [6.45, 7) is 2.30. The molecular weight excluding hydrogens is 423 g/mol. The van der Waals surface area contributed by atoms with Crippen molar-refractivity contribution in [2.24, 2.45) is 0 Å². The molecule has 0 aliphatic carbocycles. The first-order valence-electron chi connectivity index (χ1n) is 11.6. The van der Waals surface area contributed by atoms with E-state index in [-0.39, 0.29) is 0 Å². The van der Waals surface area contributed by atoms with E-state index in [0.717, 1.165) is 0 Å². The highest BCUT2D eigenvalue weighted by molar-refractivity contribution is 8.31. The van der Waals surface area contributed by atoms with Crippen molar-refractivity contribution in [1.82, 2.24) is 0 Å². The maximum Gasteiger partial charge on any atom is 0.317 e. The van der Waals surface area contributed by atoms with Crippen LogP contribution in [0.15, 0.2) is 30.3 Å². The molecule has 0 spiro atoms. The Bertz CT molecular complexity index is 539. The van der Waals surface area contributed by atoms with Gasteiger partial charge in [0.2, 0.25) is 0 Å². The highest BCUT2D eigenvalue weighted by Crippen LogP contribution is 2.14. The van der Waals surface area contributed by atoms with Gasteiger partial charge in [-0.15, -0.1) is 0 Å². The zero-order chi connectivity index (χ0) is 21.6. The number of unbranched alkanes of at least 4 members (excludes halogenated alkanes) is 15. The number of rotatable bonds is 17. The summed E-state index contributed by atoms with van der Waals surface area (Å²) >= 11 is 0. The molecule has 0 fully saturated rings. The Balaban J connectivity index is 0.00000139. The molecule has 0 saturated carbocycles. The van der Waals surface area contributed by atoms with Crippen LogP contribution >= 0.6 is 21.4 Å². The minimum Gasteiger partial charge on any atom is -0.195 e. The lowest BCUT2D eigenvalue weighted by Gasteiger charge is -2.04. The predicted octanol–water partition coefficient (Wildman–Crippen LogP) is 9.20. The molecule has 0 unspecified atom stereocenters. The maximum atomic E-state index is 9.16. The van der Waals surface area contributed by atoms with Gasteiger partial charge in [-0.05, 0) is 18.4 Å². The lowest BCUT2D eigenvalue weighted by atomic mass is 10.0. The Hall–Kier alpha value is -0.250. The molecular formula is C24H42Cl2O2S. The molecule has 1 rings (SSSR count). The lowest BCUT2D eigenvalue weighted by Crippen LogP contribution is -1.86. The monoisotopic (exact) mass is 464 g/mol. The molecule has 5 heteroatoms. The number of hydrogen-bond acceptors (Lipinski definition) is 2. The van der Waals surface area contributed by atoms with Gasteiger partial charge in [-0.25, -0.2) is 0 Å². The van der Waals surface area contributed by atoms with E-state index in [9.17, 15) is 0 Å². The summed E-state index contributed by atoms with van der Waals surface area (Å²) in [7, 11) is 4.81. The van der Waals surface area contributed by atoms with Crippen LogP contribution in [0.2, 0.25) is 0 Å². The summed E-state index contributed by atoms with van der Waals surface area (Å²) < 4.78 is 18.3. The quantitative estimate of drug-likeness (QED) is 0.170. The van der Waals surface area contributed by atoms with Crippen LogP contribution in [0.25, 0.3) is 0 Å². The van der Waals surface area contributed by atoms with Gasteiger partial charge < -0.3 is 0 Å². The van der Waals surface area contributed by atoms with Gasteiger partial charge in [0.05, 0.1) is 0 Å². The molecule has 2 nitrogen and oxygen atoms in total. The van der Waals surface area contributed by atoms with Crippen molar-refractivity contribution < 1.29 is 8.42 Å². The fourth-order valence-electron chi connectivity index (χ4n) is 3.52. The first-order valence-corrected chi connectivity index (χ1v) is 14.7. The number of halogens is 2. The fraction of sp³-hybridized carbons (Fsp3) is 0.750. The van der Waals surface area contributed by atoms with Crippen LogP contribution in [0.3, 0.4) is 0 Å². The van der Waals surface area contributed by atoms with Gasteiger partial charge in [0.15, 0.2) is 0 Å². The third-order valence-corrected chi connectivity index (χ3v) is 5.16. The third-order valence-electron chi connectivity index (χ3n) is 5.16. The molecule has 170 valence electrons. The summed E-state index contributed by atoms with van der Waals surface area (Å²) in [6, 6.07) is 10.9. The average Bonchev–Trinajstić information content (AvgIpc) is 2.67. The Morgan fingerprint density at radius 1 is 0.586 bits per heavy atom. The van der Waals surface area contributed by atoms with E-state index in [1.54, 1.807) is 0 Å². The predicted molar refractivity (Wildman–Crippen MR) is 130 cm³/mol. The lowest BCUT2D eigenvalue weighted by molar-refractivity contribution is 0.529. The minimum atomic E-state index is -3.72. The molecule has 0 aliphatic heterocycles. The van der Waals surface area contributed by atoms with Crippen LogP contribution in [-0.4, -0.2) is 8.42 Å². The van der Waals surface area contributed by atoms with Gasteiger partial charge in [0, 0.05) is 21.4 Å². The maximum absolute atomic E-state index is 9.16. The molecule has 0 bridgehead atoms. The largest absolute Gasteiger partial charge is 0.317 e. The number of benzene rings is 1. The highest BCUT2D eigenvalue weighted by Gasteiger charge is 1.95. The van der Waals surface area contributed by atoms with E-state index in [1.807, 2.05) is 0 Å². The van der Waals surface area contributed by atoms with Gasteiger partial charge in [-0.1, -0.05) is 134 Å². The number of aryl methyl sites for hydroxylation is 1. The summed E-state index contributed by atoms with van der Waals surface area (Å²) in [5.74, 6) is 0. The normalized spacial score (nSPS) is 11.1. The van der Waals surface area contributed by atoms with Crippen molar-refractivity contribution >= 4 is 29.6 Å². The van der Waals surface area contributed by atoms with E-state index in [1.165, 1.54) is 115 Å². The first-order chi connectivity index (χ1) is 13.9. The molecule has 0 saturated heterocycles. The zero-order valence-electron chi connectivity index (χ0n) is 18.4. The second kappa shape index (κ2) is 21.0. The molecule has 29 heavy (non-hydrogen) atoms. The summed E-state index contributed by atoms with van der Waals surface area (Å²) in [5, 5.41) is 0. The molecule has 0 aromatic heterocycles. The summed E-state index contributed by atoms with van der Waals surface area (Å²) in [6.07, 6.45) is 24.4. The van der Waals surface area contributed by atoms with Crippen LogP contribution in [0.1, 0.15) is 115 Å². The van der Waals surface area contributed by atoms with E-state index in [2.05, 4.69) is 58.6 Å². The molecule has 0 radical (unpaired) electrons. The molecule has 1 aromatic carbocycles. The molecule has 0 amide bonds. The van der Waals surface area contributed by atoms with Crippen molar-refractivity contribution in [2.75, 3.05) is 0 Å². The Kier molecular flexibility index (Phi) is 20.8. The van der Waals surface area contributed by atoms with Crippen molar-refractivity contribution in [3.63, 3.8) is 0 Å². The molecule has 1 aromatic rings. The smallest absolute Gasteiger partial charge is 0.195 e. The topological polar surface area (TPSA) is 34.1 Å².